The molecule has 0 aliphatic heterocycles. The van der Waals surface area contributed by atoms with E-state index in [-0.39, 0.29) is 5.91 Å². The van der Waals surface area contributed by atoms with Gasteiger partial charge in [0.05, 0.1) is 10.7 Å². The third-order valence-electron chi connectivity index (χ3n) is 3.07. The van der Waals surface area contributed by atoms with E-state index >= 15 is 0 Å². The van der Waals surface area contributed by atoms with Crippen molar-refractivity contribution in [2.75, 3.05) is 10.6 Å². The first-order valence-electron chi connectivity index (χ1n) is 7.04. The molecule has 0 unspecified atom stereocenters. The summed E-state index contributed by atoms with van der Waals surface area (Å²) in [6.45, 7) is 5.41. The van der Waals surface area contributed by atoms with Crippen LogP contribution in [0, 0.1) is 0 Å². The lowest BCUT2D eigenvalue weighted by Crippen LogP contribution is -2.06. The van der Waals surface area contributed by atoms with Crippen molar-refractivity contribution < 1.29 is 4.79 Å². The molecule has 5 heteroatoms. The summed E-state index contributed by atoms with van der Waals surface area (Å²) in [5.74, 6) is -0.130. The van der Waals surface area contributed by atoms with Crippen molar-refractivity contribution in [3.63, 3.8) is 0 Å². The van der Waals surface area contributed by atoms with Gasteiger partial charge in [0.15, 0.2) is 0 Å². The van der Waals surface area contributed by atoms with Crippen LogP contribution in [0.5, 0.6) is 0 Å². The van der Waals surface area contributed by atoms with E-state index in [9.17, 15) is 4.79 Å². The second kappa shape index (κ2) is 7.18. The number of nitrogens with zero attached hydrogens (tertiary/aromatic N) is 1. The second-order valence-corrected chi connectivity index (χ2v) is 5.39. The normalized spacial score (nSPS) is 10.4. The smallest absolute Gasteiger partial charge is 0.221 e. The molecule has 0 saturated heterocycles. The highest BCUT2D eigenvalue weighted by Crippen LogP contribution is 2.25. The number of aromatic nitrogens is 1. The van der Waals surface area contributed by atoms with Crippen molar-refractivity contribution in [1.82, 2.24) is 4.57 Å². The first-order chi connectivity index (χ1) is 10.1. The number of halogens is 1. The Morgan fingerprint density at radius 2 is 2.14 bits per heavy atom. The van der Waals surface area contributed by atoms with Gasteiger partial charge in [0.25, 0.3) is 0 Å². The first kappa shape index (κ1) is 15.4. The molecule has 1 aromatic carbocycles. The fourth-order valence-corrected chi connectivity index (χ4v) is 2.34. The molecule has 2 N–H and O–H groups in total. The van der Waals surface area contributed by atoms with Crippen LogP contribution in [0.1, 0.15) is 25.8 Å². The van der Waals surface area contributed by atoms with Crippen LogP contribution in [0.4, 0.5) is 11.4 Å². The van der Waals surface area contributed by atoms with Gasteiger partial charge in [0, 0.05) is 38.1 Å². The van der Waals surface area contributed by atoms with Crippen LogP contribution in [-0.2, 0) is 17.9 Å². The molecule has 0 aliphatic rings. The molecule has 2 aromatic rings. The van der Waals surface area contributed by atoms with Crippen LogP contribution in [0.25, 0.3) is 0 Å². The number of nitrogens with one attached hydrogen (secondary N) is 2. The average molecular weight is 306 g/mol. The summed E-state index contributed by atoms with van der Waals surface area (Å²) in [7, 11) is 0. The zero-order valence-corrected chi connectivity index (χ0v) is 13.1. The number of anilines is 2. The zero-order chi connectivity index (χ0) is 15.2. The van der Waals surface area contributed by atoms with Crippen molar-refractivity contribution in [3.8, 4) is 0 Å². The summed E-state index contributed by atoms with van der Waals surface area (Å²) < 4.78 is 2.18. The lowest BCUT2D eigenvalue weighted by atomic mass is 10.2. The van der Waals surface area contributed by atoms with Gasteiger partial charge in [-0.05, 0) is 36.2 Å². The number of aryl methyl sites for hydroxylation is 1. The van der Waals surface area contributed by atoms with Crippen LogP contribution in [0.2, 0.25) is 5.02 Å². The number of rotatable bonds is 6. The largest absolute Gasteiger partial charge is 0.381 e. The Hall–Kier alpha value is -1.94. The zero-order valence-electron chi connectivity index (χ0n) is 12.3. The predicted octanol–water partition coefficient (Wildman–Crippen LogP) is 4.12. The Morgan fingerprint density at radius 3 is 2.81 bits per heavy atom. The third-order valence-corrected chi connectivity index (χ3v) is 3.38. The fourth-order valence-electron chi connectivity index (χ4n) is 2.11. The van der Waals surface area contributed by atoms with E-state index < -0.39 is 0 Å². The van der Waals surface area contributed by atoms with Gasteiger partial charge in [-0.15, -0.1) is 0 Å². The molecule has 2 rings (SSSR count). The lowest BCUT2D eigenvalue weighted by molar-refractivity contribution is -0.114. The van der Waals surface area contributed by atoms with Crippen LogP contribution < -0.4 is 10.6 Å². The van der Waals surface area contributed by atoms with Crippen molar-refractivity contribution in [2.45, 2.75) is 33.4 Å². The van der Waals surface area contributed by atoms with Crippen molar-refractivity contribution in [2.24, 2.45) is 0 Å². The van der Waals surface area contributed by atoms with Gasteiger partial charge in [-0.25, -0.2) is 0 Å². The maximum Gasteiger partial charge on any atom is 0.221 e. The predicted molar refractivity (Wildman–Crippen MR) is 87.8 cm³/mol. The summed E-state index contributed by atoms with van der Waals surface area (Å²) in [5.41, 5.74) is 2.78. The number of carbonyl (C=O) groups excluding carboxylic acids is 1. The van der Waals surface area contributed by atoms with E-state index in [1.807, 2.05) is 12.1 Å². The van der Waals surface area contributed by atoms with Gasteiger partial charge >= 0.3 is 0 Å². The van der Waals surface area contributed by atoms with Gasteiger partial charge in [-0.3, -0.25) is 4.79 Å². The molecule has 1 heterocycles. The number of benzene rings is 1. The molecule has 0 fully saturated rings. The summed E-state index contributed by atoms with van der Waals surface area (Å²) in [5, 5.41) is 6.54. The third kappa shape index (κ3) is 4.53. The Bertz CT molecular complexity index is 622. The topological polar surface area (TPSA) is 46.1 Å². The van der Waals surface area contributed by atoms with Gasteiger partial charge in [0.1, 0.15) is 0 Å². The van der Waals surface area contributed by atoms with Crippen molar-refractivity contribution in [1.29, 1.82) is 0 Å². The number of hydrogen-bond acceptors (Lipinski definition) is 2. The van der Waals surface area contributed by atoms with Gasteiger partial charge in [0.2, 0.25) is 5.91 Å². The molecule has 0 spiro atoms. The molecule has 112 valence electrons. The minimum Gasteiger partial charge on any atom is -0.381 e. The maximum absolute atomic E-state index is 11.0. The molecule has 0 aliphatic carbocycles. The Balaban J connectivity index is 1.96. The number of carbonyl (C=O) groups is 1. The molecular weight excluding hydrogens is 286 g/mol. The number of hydrogen-bond donors (Lipinski definition) is 2. The van der Waals surface area contributed by atoms with E-state index in [0.29, 0.717) is 10.7 Å². The van der Waals surface area contributed by atoms with E-state index in [2.05, 4.69) is 40.6 Å². The fraction of sp³-hybridized carbons (Fsp3) is 0.312. The molecule has 0 bridgehead atoms. The van der Waals surface area contributed by atoms with Crippen molar-refractivity contribution >= 4 is 28.9 Å². The van der Waals surface area contributed by atoms with Crippen molar-refractivity contribution in [3.05, 3.63) is 47.2 Å². The highest BCUT2D eigenvalue weighted by Gasteiger charge is 2.04. The molecule has 0 radical (unpaired) electrons. The molecule has 4 nitrogen and oxygen atoms in total. The van der Waals surface area contributed by atoms with Crippen LogP contribution in [0.15, 0.2) is 36.7 Å². The van der Waals surface area contributed by atoms with E-state index in [1.165, 1.54) is 12.5 Å². The second-order valence-electron chi connectivity index (χ2n) is 4.99. The molecular formula is C16H20ClN3O. The Labute approximate surface area is 130 Å². The number of amides is 1. The monoisotopic (exact) mass is 305 g/mol. The molecule has 0 saturated carbocycles. The molecule has 1 amide bonds. The van der Waals surface area contributed by atoms with E-state index in [1.54, 1.807) is 6.07 Å². The van der Waals surface area contributed by atoms with E-state index in [0.717, 1.165) is 25.2 Å². The van der Waals surface area contributed by atoms with Gasteiger partial charge in [-0.1, -0.05) is 18.5 Å². The van der Waals surface area contributed by atoms with Gasteiger partial charge in [-0.2, -0.15) is 0 Å². The summed E-state index contributed by atoms with van der Waals surface area (Å²) in [4.78, 5) is 11.0. The van der Waals surface area contributed by atoms with Crippen LogP contribution in [-0.4, -0.2) is 10.5 Å². The highest BCUT2D eigenvalue weighted by molar-refractivity contribution is 6.34. The summed E-state index contributed by atoms with van der Waals surface area (Å²) >= 11 is 6.14. The molecule has 1 aromatic heterocycles. The average Bonchev–Trinajstić information content (AvgIpc) is 2.87. The standard InChI is InChI=1S/C16H20ClN3O/c1-3-7-20-8-6-13(11-20)10-18-14-4-5-16(15(17)9-14)19-12(2)21/h4-6,8-9,11,18H,3,7,10H2,1-2H3,(H,19,21). The van der Waals surface area contributed by atoms with Gasteiger partial charge < -0.3 is 15.2 Å². The quantitative estimate of drug-likeness (QED) is 0.843. The lowest BCUT2D eigenvalue weighted by Gasteiger charge is -2.09. The Morgan fingerprint density at radius 1 is 1.33 bits per heavy atom. The minimum atomic E-state index is -0.130. The summed E-state index contributed by atoms with van der Waals surface area (Å²) in [6, 6.07) is 7.63. The molecule has 21 heavy (non-hydrogen) atoms. The Kier molecular flexibility index (Phi) is 5.28. The maximum atomic E-state index is 11.0. The SMILES string of the molecule is CCCn1ccc(CNc2ccc(NC(C)=O)c(Cl)c2)c1. The van der Waals surface area contributed by atoms with E-state index in [4.69, 9.17) is 11.6 Å². The van der Waals surface area contributed by atoms with Crippen LogP contribution in [0.3, 0.4) is 0 Å². The highest BCUT2D eigenvalue weighted by atomic mass is 35.5. The molecule has 0 atom stereocenters. The minimum absolute atomic E-state index is 0.130. The van der Waals surface area contributed by atoms with Crippen LogP contribution >= 0.6 is 11.6 Å². The first-order valence-corrected chi connectivity index (χ1v) is 7.42. The summed E-state index contributed by atoms with van der Waals surface area (Å²) in [6.07, 6.45) is 5.36.